The lowest BCUT2D eigenvalue weighted by Crippen LogP contribution is -2.21. The SMILES string of the molecule is Cc1cccc(CC2(S(=O)(=O)Cl)CC2)c1Br. The molecule has 1 aromatic rings. The summed E-state index contributed by atoms with van der Waals surface area (Å²) >= 11 is 3.49. The maximum atomic E-state index is 11.5. The maximum absolute atomic E-state index is 11.5. The lowest BCUT2D eigenvalue weighted by atomic mass is 10.1. The van der Waals surface area contributed by atoms with E-state index in [1.54, 1.807) is 0 Å². The van der Waals surface area contributed by atoms with Crippen molar-refractivity contribution in [3.8, 4) is 0 Å². The molecule has 0 unspecified atom stereocenters. The normalized spacial score (nSPS) is 18.4. The van der Waals surface area contributed by atoms with Crippen molar-refractivity contribution in [1.29, 1.82) is 0 Å². The molecule has 1 aromatic carbocycles. The van der Waals surface area contributed by atoms with Crippen molar-refractivity contribution >= 4 is 35.7 Å². The molecule has 2 rings (SSSR count). The fraction of sp³-hybridized carbons (Fsp3) is 0.455. The van der Waals surface area contributed by atoms with Crippen LogP contribution in [0.3, 0.4) is 0 Å². The molecule has 0 aliphatic heterocycles. The molecule has 0 amide bonds. The molecule has 1 saturated carbocycles. The minimum Gasteiger partial charge on any atom is -0.212 e. The molecular formula is C11H12BrClO2S. The second kappa shape index (κ2) is 4.00. The highest BCUT2D eigenvalue weighted by atomic mass is 79.9. The Morgan fingerprint density at radius 2 is 2.06 bits per heavy atom. The minimum absolute atomic E-state index is 0.501. The first-order valence-corrected chi connectivity index (χ1v) is 8.14. The van der Waals surface area contributed by atoms with Crippen LogP contribution in [0.15, 0.2) is 22.7 Å². The van der Waals surface area contributed by atoms with Crippen LogP contribution in [-0.2, 0) is 15.5 Å². The van der Waals surface area contributed by atoms with Gasteiger partial charge in [0.2, 0.25) is 9.05 Å². The summed E-state index contributed by atoms with van der Waals surface area (Å²) in [5.41, 5.74) is 2.13. The van der Waals surface area contributed by atoms with E-state index < -0.39 is 13.8 Å². The van der Waals surface area contributed by atoms with Crippen molar-refractivity contribution in [3.05, 3.63) is 33.8 Å². The van der Waals surface area contributed by atoms with Crippen LogP contribution in [0.4, 0.5) is 0 Å². The van der Waals surface area contributed by atoms with Gasteiger partial charge in [0.1, 0.15) is 0 Å². The molecule has 0 spiro atoms. The summed E-state index contributed by atoms with van der Waals surface area (Å²) in [5.74, 6) is 0. The number of benzene rings is 1. The second-order valence-corrected chi connectivity index (χ2v) is 8.10. The largest absolute Gasteiger partial charge is 0.238 e. The molecule has 2 nitrogen and oxygen atoms in total. The van der Waals surface area contributed by atoms with E-state index in [0.29, 0.717) is 19.3 Å². The van der Waals surface area contributed by atoms with Gasteiger partial charge in [0, 0.05) is 15.2 Å². The molecule has 0 N–H and O–H groups in total. The standard InChI is InChI=1S/C11H12BrClO2S/c1-8-3-2-4-9(10(8)12)7-11(5-6-11)16(13,14)15/h2-4H,5-7H2,1H3. The fourth-order valence-electron chi connectivity index (χ4n) is 1.84. The van der Waals surface area contributed by atoms with Crippen LogP contribution in [0.25, 0.3) is 0 Å². The third-order valence-electron chi connectivity index (χ3n) is 3.11. The topological polar surface area (TPSA) is 34.1 Å². The highest BCUT2D eigenvalue weighted by molar-refractivity contribution is 9.10. The Kier molecular flexibility index (Phi) is 3.10. The van der Waals surface area contributed by atoms with Crippen molar-refractivity contribution in [1.82, 2.24) is 0 Å². The number of halogens is 2. The van der Waals surface area contributed by atoms with Gasteiger partial charge in [-0.15, -0.1) is 0 Å². The highest BCUT2D eigenvalue weighted by Gasteiger charge is 2.53. The van der Waals surface area contributed by atoms with Crippen molar-refractivity contribution in [2.75, 3.05) is 0 Å². The number of hydrogen-bond donors (Lipinski definition) is 0. The molecule has 0 aromatic heterocycles. The van der Waals surface area contributed by atoms with Gasteiger partial charge in [0.25, 0.3) is 0 Å². The summed E-state index contributed by atoms with van der Waals surface area (Å²) in [6.07, 6.45) is 1.83. The van der Waals surface area contributed by atoms with Crippen LogP contribution in [0, 0.1) is 6.92 Å². The van der Waals surface area contributed by atoms with E-state index in [0.717, 1.165) is 15.6 Å². The van der Waals surface area contributed by atoms with Gasteiger partial charge in [-0.05, 0) is 37.3 Å². The van der Waals surface area contributed by atoms with E-state index in [1.807, 2.05) is 25.1 Å². The molecular weight excluding hydrogens is 312 g/mol. The third-order valence-corrected chi connectivity index (χ3v) is 6.81. The van der Waals surface area contributed by atoms with Crippen molar-refractivity contribution in [3.63, 3.8) is 0 Å². The zero-order valence-corrected chi connectivity index (χ0v) is 12.0. The second-order valence-electron chi connectivity index (χ2n) is 4.35. The van der Waals surface area contributed by atoms with E-state index in [4.69, 9.17) is 10.7 Å². The zero-order chi connectivity index (χ0) is 12.0. The average Bonchev–Trinajstić information content (AvgIpc) is 2.93. The van der Waals surface area contributed by atoms with Crippen LogP contribution >= 0.6 is 26.6 Å². The van der Waals surface area contributed by atoms with Crippen LogP contribution < -0.4 is 0 Å². The molecule has 1 aliphatic rings. The maximum Gasteiger partial charge on any atom is 0.238 e. The molecule has 0 heterocycles. The Hall–Kier alpha value is -0.0600. The first-order valence-electron chi connectivity index (χ1n) is 5.04. The number of aryl methyl sites for hydroxylation is 1. The smallest absolute Gasteiger partial charge is 0.212 e. The Morgan fingerprint density at radius 1 is 1.44 bits per heavy atom. The Bertz CT molecular complexity index is 521. The summed E-state index contributed by atoms with van der Waals surface area (Å²) in [6.45, 7) is 1.99. The lowest BCUT2D eigenvalue weighted by Gasteiger charge is -2.13. The summed E-state index contributed by atoms with van der Waals surface area (Å²) in [5, 5.41) is 0. The molecule has 16 heavy (non-hydrogen) atoms. The van der Waals surface area contributed by atoms with Gasteiger partial charge in [-0.1, -0.05) is 34.1 Å². The third kappa shape index (κ3) is 2.15. The predicted octanol–water partition coefficient (Wildman–Crippen LogP) is 3.40. The van der Waals surface area contributed by atoms with E-state index in [1.165, 1.54) is 0 Å². The van der Waals surface area contributed by atoms with Gasteiger partial charge >= 0.3 is 0 Å². The fourth-order valence-corrected chi connectivity index (χ4v) is 3.79. The average molecular weight is 324 g/mol. The van der Waals surface area contributed by atoms with Crippen LogP contribution in [-0.4, -0.2) is 13.2 Å². The first kappa shape index (κ1) is 12.4. The van der Waals surface area contributed by atoms with Crippen LogP contribution in [0.2, 0.25) is 0 Å². The van der Waals surface area contributed by atoms with Crippen LogP contribution in [0.5, 0.6) is 0 Å². The quantitative estimate of drug-likeness (QED) is 0.799. The van der Waals surface area contributed by atoms with Gasteiger partial charge in [-0.3, -0.25) is 0 Å². The lowest BCUT2D eigenvalue weighted by molar-refractivity contribution is 0.590. The van der Waals surface area contributed by atoms with E-state index >= 15 is 0 Å². The molecule has 0 radical (unpaired) electrons. The number of rotatable bonds is 3. The Labute approximate surface area is 109 Å². The summed E-state index contributed by atoms with van der Waals surface area (Å²) in [7, 11) is 2.02. The van der Waals surface area contributed by atoms with Gasteiger partial charge in [-0.2, -0.15) is 0 Å². The zero-order valence-electron chi connectivity index (χ0n) is 8.83. The molecule has 5 heteroatoms. The van der Waals surface area contributed by atoms with Crippen molar-refractivity contribution in [2.24, 2.45) is 0 Å². The molecule has 0 atom stereocenters. The van der Waals surface area contributed by atoms with Gasteiger partial charge < -0.3 is 0 Å². The first-order chi connectivity index (χ1) is 7.36. The summed E-state index contributed by atoms with van der Waals surface area (Å²) in [4.78, 5) is 0. The summed E-state index contributed by atoms with van der Waals surface area (Å²) in [6, 6.07) is 5.87. The number of hydrogen-bond acceptors (Lipinski definition) is 2. The Balaban J connectivity index is 2.33. The minimum atomic E-state index is -3.47. The molecule has 1 aliphatic carbocycles. The van der Waals surface area contributed by atoms with Gasteiger partial charge in [0.05, 0.1) is 4.75 Å². The van der Waals surface area contributed by atoms with E-state index in [-0.39, 0.29) is 0 Å². The molecule has 1 fully saturated rings. The molecule has 88 valence electrons. The highest BCUT2D eigenvalue weighted by Crippen LogP contribution is 2.48. The molecule has 0 saturated heterocycles. The molecule has 0 bridgehead atoms. The van der Waals surface area contributed by atoms with E-state index in [2.05, 4.69) is 15.9 Å². The van der Waals surface area contributed by atoms with Crippen molar-refractivity contribution < 1.29 is 8.42 Å². The van der Waals surface area contributed by atoms with Crippen molar-refractivity contribution in [2.45, 2.75) is 30.9 Å². The van der Waals surface area contributed by atoms with E-state index in [9.17, 15) is 8.42 Å². The predicted molar refractivity (Wildman–Crippen MR) is 69.3 cm³/mol. The Morgan fingerprint density at radius 3 is 2.56 bits per heavy atom. The summed E-state index contributed by atoms with van der Waals surface area (Å²) < 4.78 is 23.2. The van der Waals surface area contributed by atoms with Gasteiger partial charge in [0.15, 0.2) is 0 Å². The van der Waals surface area contributed by atoms with Crippen LogP contribution in [0.1, 0.15) is 24.0 Å². The monoisotopic (exact) mass is 322 g/mol. The van der Waals surface area contributed by atoms with Gasteiger partial charge in [-0.25, -0.2) is 8.42 Å².